The van der Waals surface area contributed by atoms with Gasteiger partial charge in [-0.15, -0.1) is 11.8 Å². The molecular weight excluding hydrogens is 349 g/mol. The van der Waals surface area contributed by atoms with Crippen LogP contribution in [0.4, 0.5) is 0 Å². The number of aliphatic carboxylic acids is 1. The summed E-state index contributed by atoms with van der Waals surface area (Å²) in [7, 11) is 0. The predicted octanol–water partition coefficient (Wildman–Crippen LogP) is 2.77. The Morgan fingerprint density at radius 3 is 2.32 bits per heavy atom. The van der Waals surface area contributed by atoms with Crippen LogP contribution in [0.25, 0.3) is 0 Å². The van der Waals surface area contributed by atoms with Crippen LogP contribution in [0.3, 0.4) is 0 Å². The number of halogens is 2. The molecule has 0 radical (unpaired) electrons. The lowest BCUT2D eigenvalue weighted by Gasteiger charge is -2.35. The topological polar surface area (TPSA) is 77.8 Å². The molecule has 1 amide bonds. The highest BCUT2D eigenvalue weighted by molar-refractivity contribution is 7.98. The average Bonchev–Trinajstić information content (AvgIpc) is 2.47. The highest BCUT2D eigenvalue weighted by Gasteiger charge is 2.40. The van der Waals surface area contributed by atoms with Crippen molar-refractivity contribution in [1.82, 2.24) is 4.90 Å². The number of carbonyl (C=O) groups excluding carboxylic acids is 1. The maximum absolute atomic E-state index is 12.5. The Morgan fingerprint density at radius 1 is 1.23 bits per heavy atom. The van der Waals surface area contributed by atoms with Crippen LogP contribution in [0, 0.1) is 0 Å². The molecule has 0 aromatic heterocycles. The minimum Gasteiger partial charge on any atom is -0.479 e. The Balaban J connectivity index is 2.19. The Morgan fingerprint density at radius 2 is 1.82 bits per heavy atom. The number of nitrogens with zero attached hydrogens (tertiary/aromatic N) is 1. The molecule has 1 aromatic rings. The molecule has 0 atom stereocenters. The van der Waals surface area contributed by atoms with Crippen molar-refractivity contribution in [3.8, 4) is 0 Å². The number of likely N-dealkylation sites (tertiary alicyclic amines) is 1. The van der Waals surface area contributed by atoms with Crippen LogP contribution in [0.1, 0.15) is 23.2 Å². The monoisotopic (exact) mass is 363 g/mol. The number of benzene rings is 1. The van der Waals surface area contributed by atoms with Crippen molar-refractivity contribution < 1.29 is 19.8 Å². The normalized spacial score (nSPS) is 17.4. The minimum atomic E-state index is -1.76. The van der Waals surface area contributed by atoms with Gasteiger partial charge in [-0.3, -0.25) is 4.79 Å². The van der Waals surface area contributed by atoms with Crippen LogP contribution in [0.5, 0.6) is 0 Å². The molecule has 0 saturated carbocycles. The summed E-state index contributed by atoms with van der Waals surface area (Å²) in [6.45, 7) is 0.324. The summed E-state index contributed by atoms with van der Waals surface area (Å²) in [5.41, 5.74) is -1.43. The van der Waals surface area contributed by atoms with Gasteiger partial charge in [-0.1, -0.05) is 23.2 Å². The van der Waals surface area contributed by atoms with Gasteiger partial charge in [0.25, 0.3) is 5.91 Å². The molecular formula is C14H15Cl2NO4S. The first-order valence-corrected chi connectivity index (χ1v) is 8.54. The van der Waals surface area contributed by atoms with Gasteiger partial charge in [-0.25, -0.2) is 4.79 Å². The molecule has 0 spiro atoms. The Kier molecular flexibility index (Phi) is 5.27. The third-order valence-corrected chi connectivity index (χ3v) is 5.26. The minimum absolute atomic E-state index is 0.00529. The molecule has 0 aliphatic carbocycles. The van der Waals surface area contributed by atoms with Crippen molar-refractivity contribution in [1.29, 1.82) is 0 Å². The second kappa shape index (κ2) is 6.66. The smallest absolute Gasteiger partial charge is 0.335 e. The lowest BCUT2D eigenvalue weighted by atomic mass is 9.91. The Bertz CT molecular complexity index is 615. The van der Waals surface area contributed by atoms with Gasteiger partial charge in [-0.2, -0.15) is 0 Å². The molecule has 1 aromatic carbocycles. The van der Waals surface area contributed by atoms with E-state index in [-0.39, 0.29) is 36.9 Å². The van der Waals surface area contributed by atoms with Gasteiger partial charge >= 0.3 is 5.97 Å². The molecule has 1 aliphatic heterocycles. The first-order valence-electron chi connectivity index (χ1n) is 6.56. The summed E-state index contributed by atoms with van der Waals surface area (Å²) < 4.78 is 0. The van der Waals surface area contributed by atoms with Crippen molar-refractivity contribution in [3.05, 3.63) is 27.7 Å². The van der Waals surface area contributed by atoms with E-state index in [0.717, 1.165) is 4.90 Å². The number of hydrogen-bond donors (Lipinski definition) is 2. The van der Waals surface area contributed by atoms with Gasteiger partial charge in [-0.05, 0) is 18.4 Å². The first-order chi connectivity index (χ1) is 10.3. The van der Waals surface area contributed by atoms with E-state index in [9.17, 15) is 14.7 Å². The van der Waals surface area contributed by atoms with E-state index in [0.29, 0.717) is 10.6 Å². The summed E-state index contributed by atoms with van der Waals surface area (Å²) in [6.07, 6.45) is 1.83. The van der Waals surface area contributed by atoms with Gasteiger partial charge in [0, 0.05) is 30.8 Å². The van der Waals surface area contributed by atoms with Gasteiger partial charge in [0.1, 0.15) is 0 Å². The fourth-order valence-electron chi connectivity index (χ4n) is 2.31. The van der Waals surface area contributed by atoms with Crippen molar-refractivity contribution >= 4 is 46.8 Å². The third-order valence-electron chi connectivity index (χ3n) is 3.75. The number of hydrogen-bond acceptors (Lipinski definition) is 4. The van der Waals surface area contributed by atoms with Crippen molar-refractivity contribution in [2.24, 2.45) is 0 Å². The van der Waals surface area contributed by atoms with E-state index in [1.165, 1.54) is 22.7 Å². The number of rotatable bonds is 3. The molecule has 5 nitrogen and oxygen atoms in total. The quantitative estimate of drug-likeness (QED) is 0.807. The number of thioether (sulfide) groups is 1. The zero-order chi connectivity index (χ0) is 16.5. The Labute approximate surface area is 142 Å². The van der Waals surface area contributed by atoms with Gasteiger partial charge in [0.05, 0.1) is 15.6 Å². The number of aliphatic hydroxyl groups is 1. The number of carbonyl (C=O) groups is 2. The molecule has 2 rings (SSSR count). The molecule has 1 saturated heterocycles. The Hall–Kier alpha value is -0.950. The van der Waals surface area contributed by atoms with Gasteiger partial charge in [0.2, 0.25) is 0 Å². The van der Waals surface area contributed by atoms with E-state index in [2.05, 4.69) is 0 Å². The number of carboxylic acids is 1. The zero-order valence-corrected chi connectivity index (χ0v) is 14.1. The second-order valence-electron chi connectivity index (χ2n) is 5.10. The van der Waals surface area contributed by atoms with Crippen molar-refractivity contribution in [2.45, 2.75) is 23.3 Å². The van der Waals surface area contributed by atoms with Gasteiger partial charge in [0.15, 0.2) is 5.60 Å². The summed E-state index contributed by atoms with van der Waals surface area (Å²) in [6, 6.07) is 3.16. The van der Waals surface area contributed by atoms with Gasteiger partial charge < -0.3 is 15.1 Å². The molecule has 2 N–H and O–H groups in total. The molecule has 8 heteroatoms. The lowest BCUT2D eigenvalue weighted by Crippen LogP contribution is -2.50. The second-order valence-corrected chi connectivity index (χ2v) is 6.76. The summed E-state index contributed by atoms with van der Waals surface area (Å²) in [4.78, 5) is 25.8. The highest BCUT2D eigenvalue weighted by Crippen LogP contribution is 2.32. The summed E-state index contributed by atoms with van der Waals surface area (Å²) in [5.74, 6) is -1.54. The fraction of sp³-hybridized carbons (Fsp3) is 0.429. The molecule has 0 bridgehead atoms. The molecule has 22 heavy (non-hydrogen) atoms. The van der Waals surface area contributed by atoms with Crippen LogP contribution < -0.4 is 0 Å². The van der Waals surface area contributed by atoms with E-state index in [1.54, 1.807) is 6.07 Å². The standard InChI is InChI=1S/C14H15Cl2NO4S/c1-22-11-6-8(9(15)7-10(11)16)12(18)17-4-2-14(21,3-5-17)13(19)20/h6-7,21H,2-5H2,1H3,(H,19,20). The lowest BCUT2D eigenvalue weighted by molar-refractivity contribution is -0.162. The van der Waals surface area contributed by atoms with E-state index in [1.807, 2.05) is 6.26 Å². The van der Waals surface area contributed by atoms with Crippen LogP contribution in [-0.2, 0) is 4.79 Å². The third kappa shape index (κ3) is 3.35. The van der Waals surface area contributed by atoms with Crippen LogP contribution >= 0.6 is 35.0 Å². The fourth-order valence-corrected chi connectivity index (χ4v) is 3.50. The number of carboxylic acid groups (broad SMARTS) is 1. The van der Waals surface area contributed by atoms with Crippen LogP contribution in [-0.4, -0.2) is 51.9 Å². The predicted molar refractivity (Wildman–Crippen MR) is 86.0 cm³/mol. The number of piperidine rings is 1. The summed E-state index contributed by atoms with van der Waals surface area (Å²) in [5, 5.41) is 19.6. The van der Waals surface area contributed by atoms with E-state index >= 15 is 0 Å². The zero-order valence-electron chi connectivity index (χ0n) is 11.8. The number of amides is 1. The average molecular weight is 364 g/mol. The van der Waals surface area contributed by atoms with E-state index in [4.69, 9.17) is 28.3 Å². The molecule has 0 unspecified atom stereocenters. The van der Waals surface area contributed by atoms with E-state index < -0.39 is 11.6 Å². The summed E-state index contributed by atoms with van der Waals surface area (Å²) >= 11 is 13.5. The van der Waals surface area contributed by atoms with Crippen LogP contribution in [0.2, 0.25) is 10.0 Å². The first kappa shape index (κ1) is 17.4. The van der Waals surface area contributed by atoms with Crippen molar-refractivity contribution in [2.75, 3.05) is 19.3 Å². The highest BCUT2D eigenvalue weighted by atomic mass is 35.5. The SMILES string of the molecule is CSc1cc(C(=O)N2CCC(O)(C(=O)O)CC2)c(Cl)cc1Cl. The maximum Gasteiger partial charge on any atom is 0.335 e. The maximum atomic E-state index is 12.5. The largest absolute Gasteiger partial charge is 0.479 e. The molecule has 1 fully saturated rings. The molecule has 1 aliphatic rings. The van der Waals surface area contributed by atoms with Crippen LogP contribution in [0.15, 0.2) is 17.0 Å². The van der Waals surface area contributed by atoms with Crippen molar-refractivity contribution in [3.63, 3.8) is 0 Å². The molecule has 1 heterocycles. The molecule has 120 valence electrons.